The van der Waals surface area contributed by atoms with Crippen LogP contribution in [-0.2, 0) is 0 Å². The van der Waals surface area contributed by atoms with Gasteiger partial charge in [-0.05, 0) is 73.6 Å². The van der Waals surface area contributed by atoms with E-state index in [1.54, 1.807) is 0 Å². The number of nitrogens with one attached hydrogen (secondary N) is 1. The number of hydrogen-bond donors (Lipinski definition) is 1. The van der Waals surface area contributed by atoms with E-state index in [1.165, 1.54) is 33.6 Å². The van der Waals surface area contributed by atoms with Crippen LogP contribution in [0.3, 0.4) is 0 Å². The first-order chi connectivity index (χ1) is 9.51. The quantitative estimate of drug-likeness (QED) is 0.730. The van der Waals surface area contributed by atoms with Gasteiger partial charge in [0, 0.05) is 11.4 Å². The Kier molecular flexibility index (Phi) is 4.49. The molecule has 0 aliphatic heterocycles. The van der Waals surface area contributed by atoms with Crippen molar-refractivity contribution in [2.24, 2.45) is 0 Å². The SMILES string of the molecule is CCC(C)c1c(C)cccc1Nc1cc(C)cc(C)c1. The lowest BCUT2D eigenvalue weighted by Gasteiger charge is -2.19. The van der Waals surface area contributed by atoms with Gasteiger partial charge in [0.05, 0.1) is 0 Å². The second kappa shape index (κ2) is 6.13. The van der Waals surface area contributed by atoms with Crippen molar-refractivity contribution in [1.82, 2.24) is 0 Å². The molecule has 0 aliphatic carbocycles. The molecule has 0 radical (unpaired) electrons. The molecule has 1 atom stereocenters. The van der Waals surface area contributed by atoms with Gasteiger partial charge in [-0.25, -0.2) is 0 Å². The molecule has 1 nitrogen and oxygen atoms in total. The smallest absolute Gasteiger partial charge is 0.0422 e. The molecular weight excluding hydrogens is 242 g/mol. The minimum atomic E-state index is 0.574. The Labute approximate surface area is 123 Å². The Balaban J connectivity index is 2.40. The van der Waals surface area contributed by atoms with Crippen molar-refractivity contribution < 1.29 is 0 Å². The standard InChI is InChI=1S/C19H25N/c1-6-15(4)19-16(5)8-7-9-18(19)20-17-11-13(2)10-14(3)12-17/h7-12,15,20H,6H2,1-5H3. The average Bonchev–Trinajstić information content (AvgIpc) is 2.37. The molecule has 2 rings (SSSR count). The van der Waals surface area contributed by atoms with Crippen LogP contribution in [0.2, 0.25) is 0 Å². The Morgan fingerprint density at radius 2 is 1.65 bits per heavy atom. The average molecular weight is 267 g/mol. The predicted octanol–water partition coefficient (Wildman–Crippen LogP) is 5.87. The third kappa shape index (κ3) is 3.22. The van der Waals surface area contributed by atoms with Crippen LogP contribution in [0.15, 0.2) is 36.4 Å². The molecule has 1 unspecified atom stereocenters. The molecule has 0 heterocycles. The van der Waals surface area contributed by atoms with Gasteiger partial charge in [0.1, 0.15) is 0 Å². The van der Waals surface area contributed by atoms with Crippen molar-refractivity contribution >= 4 is 11.4 Å². The van der Waals surface area contributed by atoms with Crippen LogP contribution in [0.25, 0.3) is 0 Å². The van der Waals surface area contributed by atoms with E-state index >= 15 is 0 Å². The zero-order valence-corrected chi connectivity index (χ0v) is 13.2. The highest BCUT2D eigenvalue weighted by Crippen LogP contribution is 2.32. The van der Waals surface area contributed by atoms with Gasteiger partial charge in [-0.15, -0.1) is 0 Å². The second-order valence-electron chi connectivity index (χ2n) is 5.85. The monoisotopic (exact) mass is 267 g/mol. The van der Waals surface area contributed by atoms with E-state index in [2.05, 4.69) is 76.3 Å². The van der Waals surface area contributed by atoms with Gasteiger partial charge in [0.25, 0.3) is 0 Å². The molecule has 0 saturated carbocycles. The molecule has 0 bridgehead atoms. The topological polar surface area (TPSA) is 12.0 Å². The molecule has 0 aromatic heterocycles. The summed E-state index contributed by atoms with van der Waals surface area (Å²) in [5.74, 6) is 0.574. The number of hydrogen-bond acceptors (Lipinski definition) is 1. The van der Waals surface area contributed by atoms with E-state index in [0.717, 1.165) is 6.42 Å². The molecule has 2 aromatic carbocycles. The van der Waals surface area contributed by atoms with Crippen LogP contribution in [0.4, 0.5) is 11.4 Å². The van der Waals surface area contributed by atoms with Crippen molar-refractivity contribution in [3.63, 3.8) is 0 Å². The van der Waals surface area contributed by atoms with E-state index in [4.69, 9.17) is 0 Å². The Morgan fingerprint density at radius 1 is 1.00 bits per heavy atom. The molecule has 0 fully saturated rings. The first-order valence-corrected chi connectivity index (χ1v) is 7.46. The summed E-state index contributed by atoms with van der Waals surface area (Å²) in [6.45, 7) is 11.0. The van der Waals surface area contributed by atoms with Crippen LogP contribution in [-0.4, -0.2) is 0 Å². The molecule has 0 aliphatic rings. The van der Waals surface area contributed by atoms with Gasteiger partial charge in [0.2, 0.25) is 0 Å². The molecule has 0 amide bonds. The van der Waals surface area contributed by atoms with E-state index in [9.17, 15) is 0 Å². The lowest BCUT2D eigenvalue weighted by atomic mass is 9.92. The molecule has 20 heavy (non-hydrogen) atoms. The van der Waals surface area contributed by atoms with E-state index in [0.29, 0.717) is 5.92 Å². The lowest BCUT2D eigenvalue weighted by Crippen LogP contribution is -2.02. The third-order valence-corrected chi connectivity index (χ3v) is 3.93. The first-order valence-electron chi connectivity index (χ1n) is 7.46. The minimum absolute atomic E-state index is 0.574. The fourth-order valence-electron chi connectivity index (χ4n) is 2.85. The van der Waals surface area contributed by atoms with Crippen molar-refractivity contribution in [1.29, 1.82) is 0 Å². The maximum Gasteiger partial charge on any atom is 0.0422 e. The highest BCUT2D eigenvalue weighted by atomic mass is 14.9. The molecule has 2 aromatic rings. The van der Waals surface area contributed by atoms with E-state index in [-0.39, 0.29) is 0 Å². The second-order valence-corrected chi connectivity index (χ2v) is 5.85. The zero-order valence-electron chi connectivity index (χ0n) is 13.2. The largest absolute Gasteiger partial charge is 0.355 e. The maximum absolute atomic E-state index is 3.61. The summed E-state index contributed by atoms with van der Waals surface area (Å²) in [6.07, 6.45) is 1.16. The molecule has 0 saturated heterocycles. The lowest BCUT2D eigenvalue weighted by molar-refractivity contribution is 0.730. The molecule has 0 spiro atoms. The first kappa shape index (κ1) is 14.6. The number of rotatable bonds is 4. The fraction of sp³-hybridized carbons (Fsp3) is 0.368. The fourth-order valence-corrected chi connectivity index (χ4v) is 2.85. The number of benzene rings is 2. The van der Waals surface area contributed by atoms with Crippen LogP contribution in [0, 0.1) is 20.8 Å². The van der Waals surface area contributed by atoms with Gasteiger partial charge in [-0.2, -0.15) is 0 Å². The summed E-state index contributed by atoms with van der Waals surface area (Å²) in [5, 5.41) is 3.61. The maximum atomic E-state index is 3.61. The summed E-state index contributed by atoms with van der Waals surface area (Å²) in [4.78, 5) is 0. The number of aryl methyl sites for hydroxylation is 3. The normalized spacial score (nSPS) is 12.2. The van der Waals surface area contributed by atoms with E-state index in [1.807, 2.05) is 0 Å². The summed E-state index contributed by atoms with van der Waals surface area (Å²) >= 11 is 0. The van der Waals surface area contributed by atoms with Gasteiger partial charge in [-0.1, -0.05) is 32.0 Å². The van der Waals surface area contributed by atoms with Crippen molar-refractivity contribution in [2.45, 2.75) is 47.0 Å². The van der Waals surface area contributed by atoms with Crippen molar-refractivity contribution in [3.8, 4) is 0 Å². The summed E-state index contributed by atoms with van der Waals surface area (Å²) < 4.78 is 0. The summed E-state index contributed by atoms with van der Waals surface area (Å²) in [6, 6.07) is 13.1. The molecule has 106 valence electrons. The van der Waals surface area contributed by atoms with Crippen LogP contribution >= 0.6 is 0 Å². The summed E-state index contributed by atoms with van der Waals surface area (Å²) in [7, 11) is 0. The van der Waals surface area contributed by atoms with Gasteiger partial charge in [0.15, 0.2) is 0 Å². The zero-order chi connectivity index (χ0) is 14.7. The number of anilines is 2. The third-order valence-electron chi connectivity index (χ3n) is 3.93. The Hall–Kier alpha value is -1.76. The van der Waals surface area contributed by atoms with Gasteiger partial charge < -0.3 is 5.32 Å². The highest BCUT2D eigenvalue weighted by molar-refractivity contribution is 5.66. The minimum Gasteiger partial charge on any atom is -0.355 e. The molecule has 1 heteroatoms. The van der Waals surface area contributed by atoms with Crippen molar-refractivity contribution in [3.05, 3.63) is 58.7 Å². The van der Waals surface area contributed by atoms with Gasteiger partial charge in [-0.3, -0.25) is 0 Å². The summed E-state index contributed by atoms with van der Waals surface area (Å²) in [5.41, 5.74) is 7.82. The highest BCUT2D eigenvalue weighted by Gasteiger charge is 2.12. The van der Waals surface area contributed by atoms with Crippen LogP contribution < -0.4 is 5.32 Å². The Morgan fingerprint density at radius 3 is 2.25 bits per heavy atom. The van der Waals surface area contributed by atoms with Crippen LogP contribution in [0.1, 0.15) is 48.4 Å². The molecular formula is C19H25N. The van der Waals surface area contributed by atoms with Crippen LogP contribution in [0.5, 0.6) is 0 Å². The van der Waals surface area contributed by atoms with Crippen molar-refractivity contribution in [2.75, 3.05) is 5.32 Å². The Bertz CT molecular complexity index is 578. The van der Waals surface area contributed by atoms with E-state index < -0.39 is 0 Å². The molecule has 1 N–H and O–H groups in total. The predicted molar refractivity (Wildman–Crippen MR) is 89.1 cm³/mol. The van der Waals surface area contributed by atoms with Gasteiger partial charge >= 0.3 is 0 Å².